The minimum absolute atomic E-state index is 0.113. The second-order valence-electron chi connectivity index (χ2n) is 4.22. The Kier molecular flexibility index (Phi) is 3.56. The van der Waals surface area contributed by atoms with Gasteiger partial charge in [-0.25, -0.2) is 4.98 Å². The topological polar surface area (TPSA) is 72.9 Å². The van der Waals surface area contributed by atoms with Gasteiger partial charge in [0.15, 0.2) is 0 Å². The SMILES string of the molecule is CCNC(=O)Cn1c(C(F)(F)F)nc2cc(N)ccc21. The third-order valence-corrected chi connectivity index (χ3v) is 2.70. The van der Waals surface area contributed by atoms with Crippen LogP contribution >= 0.6 is 0 Å². The van der Waals surface area contributed by atoms with Gasteiger partial charge in [0.05, 0.1) is 11.0 Å². The maximum absolute atomic E-state index is 13.0. The molecule has 0 spiro atoms. The molecule has 0 aliphatic heterocycles. The molecule has 20 heavy (non-hydrogen) atoms. The number of carbonyl (C=O) groups is 1. The van der Waals surface area contributed by atoms with E-state index in [1.54, 1.807) is 6.92 Å². The fourth-order valence-electron chi connectivity index (χ4n) is 1.92. The Labute approximate surface area is 112 Å². The molecule has 1 aromatic heterocycles. The van der Waals surface area contributed by atoms with Crippen molar-refractivity contribution >= 4 is 22.6 Å². The monoisotopic (exact) mass is 286 g/mol. The molecule has 0 radical (unpaired) electrons. The molecule has 2 rings (SSSR count). The van der Waals surface area contributed by atoms with E-state index in [1.165, 1.54) is 18.2 Å². The smallest absolute Gasteiger partial charge is 0.399 e. The van der Waals surface area contributed by atoms with Crippen LogP contribution in [0.2, 0.25) is 0 Å². The van der Waals surface area contributed by atoms with Crippen LogP contribution in [-0.4, -0.2) is 22.0 Å². The number of nitrogens with two attached hydrogens (primary N) is 1. The Bertz CT molecular complexity index is 648. The number of nitrogens with one attached hydrogen (secondary N) is 1. The first kappa shape index (κ1) is 14.2. The van der Waals surface area contributed by atoms with Crippen LogP contribution in [0, 0.1) is 0 Å². The van der Waals surface area contributed by atoms with E-state index < -0.39 is 24.5 Å². The van der Waals surface area contributed by atoms with Gasteiger partial charge in [0, 0.05) is 12.2 Å². The number of anilines is 1. The van der Waals surface area contributed by atoms with E-state index in [4.69, 9.17) is 5.73 Å². The highest BCUT2D eigenvalue weighted by Gasteiger charge is 2.38. The standard InChI is InChI=1S/C12H13F3N4O/c1-2-17-10(20)6-19-9-4-3-7(16)5-8(9)18-11(19)12(13,14)15/h3-5H,2,6,16H2,1H3,(H,17,20). The van der Waals surface area contributed by atoms with Gasteiger partial charge in [0.2, 0.25) is 11.7 Å². The van der Waals surface area contributed by atoms with Crippen LogP contribution in [0.25, 0.3) is 11.0 Å². The Morgan fingerprint density at radius 2 is 2.15 bits per heavy atom. The number of hydrogen-bond donors (Lipinski definition) is 2. The third-order valence-electron chi connectivity index (χ3n) is 2.70. The van der Waals surface area contributed by atoms with E-state index in [9.17, 15) is 18.0 Å². The van der Waals surface area contributed by atoms with Gasteiger partial charge in [-0.05, 0) is 25.1 Å². The normalized spacial score (nSPS) is 11.8. The van der Waals surface area contributed by atoms with Crippen LogP contribution in [0.3, 0.4) is 0 Å². The predicted octanol–water partition coefficient (Wildman–Crippen LogP) is 1.77. The summed E-state index contributed by atoms with van der Waals surface area (Å²) in [4.78, 5) is 15.1. The van der Waals surface area contributed by atoms with Gasteiger partial charge in [0.25, 0.3) is 0 Å². The number of halogens is 3. The van der Waals surface area contributed by atoms with Crippen LogP contribution in [0.1, 0.15) is 12.7 Å². The lowest BCUT2D eigenvalue weighted by atomic mass is 10.3. The average Bonchev–Trinajstić information content (AvgIpc) is 2.67. The highest BCUT2D eigenvalue weighted by molar-refractivity contribution is 5.83. The van der Waals surface area contributed by atoms with Crippen molar-refractivity contribution in [3.63, 3.8) is 0 Å². The van der Waals surface area contributed by atoms with Crippen LogP contribution in [0.15, 0.2) is 18.2 Å². The van der Waals surface area contributed by atoms with E-state index in [2.05, 4.69) is 10.3 Å². The average molecular weight is 286 g/mol. The first-order valence-corrected chi connectivity index (χ1v) is 5.92. The molecule has 0 fully saturated rings. The number of hydrogen-bond acceptors (Lipinski definition) is 3. The van der Waals surface area contributed by atoms with E-state index in [-0.39, 0.29) is 11.0 Å². The number of alkyl halides is 3. The predicted molar refractivity (Wildman–Crippen MR) is 67.8 cm³/mol. The van der Waals surface area contributed by atoms with Crippen molar-refractivity contribution in [1.82, 2.24) is 14.9 Å². The number of likely N-dealkylation sites (N-methyl/N-ethyl adjacent to an activating group) is 1. The van der Waals surface area contributed by atoms with Crippen LogP contribution < -0.4 is 11.1 Å². The van der Waals surface area contributed by atoms with Gasteiger partial charge in [-0.1, -0.05) is 0 Å². The second-order valence-corrected chi connectivity index (χ2v) is 4.22. The lowest BCUT2D eigenvalue weighted by molar-refractivity contribution is -0.147. The van der Waals surface area contributed by atoms with Crippen molar-refractivity contribution in [2.24, 2.45) is 0 Å². The molecule has 3 N–H and O–H groups in total. The summed E-state index contributed by atoms with van der Waals surface area (Å²) >= 11 is 0. The lowest BCUT2D eigenvalue weighted by Crippen LogP contribution is -2.29. The summed E-state index contributed by atoms with van der Waals surface area (Å²) < 4.78 is 39.8. The maximum atomic E-state index is 13.0. The number of nitrogen functional groups attached to an aromatic ring is 1. The summed E-state index contributed by atoms with van der Waals surface area (Å²) in [6, 6.07) is 4.24. The first-order chi connectivity index (χ1) is 9.32. The second kappa shape index (κ2) is 5.03. The summed E-state index contributed by atoms with van der Waals surface area (Å²) in [6.07, 6.45) is -4.64. The van der Waals surface area contributed by atoms with Gasteiger partial charge in [-0.2, -0.15) is 13.2 Å². The Balaban J connectivity index is 2.56. The van der Waals surface area contributed by atoms with Crippen LogP contribution in [0.5, 0.6) is 0 Å². The van der Waals surface area contributed by atoms with E-state index in [0.717, 1.165) is 4.57 Å². The zero-order valence-electron chi connectivity index (χ0n) is 10.7. The summed E-state index contributed by atoms with van der Waals surface area (Å²) in [6.45, 7) is 1.60. The minimum atomic E-state index is -4.64. The van der Waals surface area contributed by atoms with E-state index in [0.29, 0.717) is 12.2 Å². The molecule has 1 amide bonds. The molecule has 0 unspecified atom stereocenters. The lowest BCUT2D eigenvalue weighted by Gasteiger charge is -2.11. The number of benzene rings is 1. The summed E-state index contributed by atoms with van der Waals surface area (Å²) in [5, 5.41) is 2.46. The molecule has 0 aliphatic carbocycles. The van der Waals surface area contributed by atoms with E-state index in [1.807, 2.05) is 0 Å². The molecule has 0 atom stereocenters. The van der Waals surface area contributed by atoms with E-state index >= 15 is 0 Å². The van der Waals surface area contributed by atoms with Crippen molar-refractivity contribution in [1.29, 1.82) is 0 Å². The molecular weight excluding hydrogens is 273 g/mol. The number of rotatable bonds is 3. The summed E-state index contributed by atoms with van der Waals surface area (Å²) in [7, 11) is 0. The molecule has 108 valence electrons. The molecule has 5 nitrogen and oxygen atoms in total. The van der Waals surface area contributed by atoms with Gasteiger partial charge in [-0.15, -0.1) is 0 Å². The fraction of sp³-hybridized carbons (Fsp3) is 0.333. The number of carbonyl (C=O) groups excluding carboxylic acids is 1. The molecule has 1 heterocycles. The number of imidazole rings is 1. The molecular formula is C12H13F3N4O. The van der Waals surface area contributed by atoms with Crippen molar-refractivity contribution in [3.05, 3.63) is 24.0 Å². The molecule has 8 heteroatoms. The van der Waals surface area contributed by atoms with Gasteiger partial charge < -0.3 is 15.6 Å². The van der Waals surface area contributed by atoms with Crippen molar-refractivity contribution < 1.29 is 18.0 Å². The molecule has 0 aliphatic rings. The van der Waals surface area contributed by atoms with Crippen molar-refractivity contribution in [2.75, 3.05) is 12.3 Å². The highest BCUT2D eigenvalue weighted by Crippen LogP contribution is 2.31. The van der Waals surface area contributed by atoms with Gasteiger partial charge in [0.1, 0.15) is 6.54 Å². The van der Waals surface area contributed by atoms with Crippen molar-refractivity contribution in [2.45, 2.75) is 19.6 Å². The highest BCUT2D eigenvalue weighted by atomic mass is 19.4. The van der Waals surface area contributed by atoms with Gasteiger partial charge in [-0.3, -0.25) is 4.79 Å². The Morgan fingerprint density at radius 1 is 1.45 bits per heavy atom. The quantitative estimate of drug-likeness (QED) is 0.845. The molecule has 1 aromatic carbocycles. The summed E-state index contributed by atoms with van der Waals surface area (Å²) in [5.41, 5.74) is 6.18. The number of amides is 1. The number of aromatic nitrogens is 2. The Hall–Kier alpha value is -2.25. The third kappa shape index (κ3) is 2.68. The van der Waals surface area contributed by atoms with Gasteiger partial charge >= 0.3 is 6.18 Å². The fourth-order valence-corrected chi connectivity index (χ4v) is 1.92. The zero-order chi connectivity index (χ0) is 14.9. The zero-order valence-corrected chi connectivity index (χ0v) is 10.7. The molecule has 2 aromatic rings. The largest absolute Gasteiger partial charge is 0.449 e. The molecule has 0 saturated carbocycles. The number of fused-ring (bicyclic) bond motifs is 1. The molecule has 0 bridgehead atoms. The molecule has 0 saturated heterocycles. The Morgan fingerprint density at radius 3 is 2.75 bits per heavy atom. The van der Waals surface area contributed by atoms with Crippen LogP contribution in [0.4, 0.5) is 18.9 Å². The minimum Gasteiger partial charge on any atom is -0.399 e. The number of nitrogens with zero attached hydrogens (tertiary/aromatic N) is 2. The maximum Gasteiger partial charge on any atom is 0.449 e. The first-order valence-electron chi connectivity index (χ1n) is 5.92. The van der Waals surface area contributed by atoms with Crippen molar-refractivity contribution in [3.8, 4) is 0 Å². The van der Waals surface area contributed by atoms with Crippen LogP contribution in [-0.2, 0) is 17.5 Å². The summed E-state index contributed by atoms with van der Waals surface area (Å²) in [5.74, 6) is -1.61.